The van der Waals surface area contributed by atoms with Crippen molar-refractivity contribution in [1.82, 2.24) is 25.2 Å². The largest absolute Gasteiger partial charge is 0.352 e. The van der Waals surface area contributed by atoms with Crippen LogP contribution in [-0.4, -0.2) is 57.5 Å². The summed E-state index contributed by atoms with van der Waals surface area (Å²) in [6.07, 6.45) is 2.68. The monoisotopic (exact) mass is 455 g/mol. The number of aromatic nitrogens is 3. The Bertz CT molecular complexity index is 1150. The van der Waals surface area contributed by atoms with E-state index in [-0.39, 0.29) is 24.1 Å². The summed E-state index contributed by atoms with van der Waals surface area (Å²) in [5, 5.41) is 5.99. The summed E-state index contributed by atoms with van der Waals surface area (Å²) in [5.74, 6) is -0.681. The third kappa shape index (κ3) is 4.11. The van der Waals surface area contributed by atoms with E-state index in [2.05, 4.69) is 25.6 Å². The van der Waals surface area contributed by atoms with Crippen LogP contribution in [0.4, 0.5) is 26.0 Å². The van der Waals surface area contributed by atoms with Crippen LogP contribution in [-0.2, 0) is 4.79 Å². The topological polar surface area (TPSA) is 103 Å². The minimum atomic E-state index is -0.933. The van der Waals surface area contributed by atoms with E-state index in [0.717, 1.165) is 11.9 Å². The van der Waals surface area contributed by atoms with Crippen LogP contribution in [0.25, 0.3) is 10.6 Å². The molecule has 0 aliphatic carbocycles. The van der Waals surface area contributed by atoms with Crippen molar-refractivity contribution < 1.29 is 14.0 Å². The lowest BCUT2D eigenvalue weighted by Crippen LogP contribution is -2.46. The molecule has 3 aromatic rings. The molecule has 0 atom stereocenters. The number of hydrogen-bond donors (Lipinski definition) is 2. The van der Waals surface area contributed by atoms with Gasteiger partial charge in [-0.15, -0.1) is 0 Å². The fourth-order valence-corrected chi connectivity index (χ4v) is 4.16. The first-order chi connectivity index (χ1) is 15.3. The Labute approximate surface area is 188 Å². The van der Waals surface area contributed by atoms with Crippen molar-refractivity contribution in [3.8, 4) is 10.6 Å². The highest BCUT2D eigenvalue weighted by Gasteiger charge is 2.45. The first kappa shape index (κ1) is 21.6. The van der Waals surface area contributed by atoms with E-state index in [1.54, 1.807) is 20.0 Å². The van der Waals surface area contributed by atoms with Crippen molar-refractivity contribution in [2.75, 3.05) is 30.4 Å². The fourth-order valence-electron chi connectivity index (χ4n) is 3.27. The second-order valence-electron chi connectivity index (χ2n) is 7.69. The molecule has 0 radical (unpaired) electrons. The van der Waals surface area contributed by atoms with Gasteiger partial charge in [0.05, 0.1) is 11.1 Å². The highest BCUT2D eigenvalue weighted by atomic mass is 32.1. The number of rotatable bonds is 7. The number of carbonyl (C=O) groups is 2. The summed E-state index contributed by atoms with van der Waals surface area (Å²) in [6.45, 7) is 3.90. The molecule has 3 heterocycles. The molecule has 11 heteroatoms. The predicted molar refractivity (Wildman–Crippen MR) is 120 cm³/mol. The van der Waals surface area contributed by atoms with Crippen LogP contribution in [0.1, 0.15) is 13.8 Å². The first-order valence-corrected chi connectivity index (χ1v) is 10.7. The van der Waals surface area contributed by atoms with Crippen molar-refractivity contribution in [1.29, 1.82) is 0 Å². The number of para-hydroxylation sites is 1. The molecular formula is C21H22FN7O2S. The van der Waals surface area contributed by atoms with Crippen LogP contribution >= 0.6 is 11.3 Å². The Morgan fingerprint density at radius 2 is 1.94 bits per heavy atom. The summed E-state index contributed by atoms with van der Waals surface area (Å²) < 4.78 is 14.5. The van der Waals surface area contributed by atoms with Gasteiger partial charge in [-0.05, 0) is 26.0 Å². The third-order valence-electron chi connectivity index (χ3n) is 5.22. The molecule has 166 valence electrons. The molecule has 1 aliphatic heterocycles. The third-order valence-corrected chi connectivity index (χ3v) is 6.30. The predicted octanol–water partition coefficient (Wildman–Crippen LogP) is 3.25. The van der Waals surface area contributed by atoms with Gasteiger partial charge in [0.1, 0.15) is 11.2 Å². The minimum Gasteiger partial charge on any atom is -0.352 e. The number of halogens is 1. The molecule has 0 saturated carbocycles. The molecule has 0 unspecified atom stereocenters. The highest BCUT2D eigenvalue weighted by molar-refractivity contribution is 7.18. The van der Waals surface area contributed by atoms with Crippen molar-refractivity contribution in [3.63, 3.8) is 0 Å². The minimum absolute atomic E-state index is 0.141. The second kappa shape index (κ2) is 8.50. The molecule has 32 heavy (non-hydrogen) atoms. The number of nitrogens with zero attached hydrogens (tertiary/aromatic N) is 5. The van der Waals surface area contributed by atoms with Gasteiger partial charge < -0.3 is 15.1 Å². The van der Waals surface area contributed by atoms with Crippen LogP contribution in [0.15, 0.2) is 42.7 Å². The molecule has 3 amide bonds. The number of hydrogen-bond acceptors (Lipinski definition) is 8. The number of anilines is 3. The second-order valence-corrected chi connectivity index (χ2v) is 8.70. The maximum atomic E-state index is 14.5. The molecule has 4 rings (SSSR count). The zero-order valence-corrected chi connectivity index (χ0v) is 18.6. The van der Waals surface area contributed by atoms with Crippen molar-refractivity contribution in [2.24, 2.45) is 0 Å². The summed E-state index contributed by atoms with van der Waals surface area (Å²) in [5.41, 5.74) is 0.172. The molecule has 0 bridgehead atoms. The maximum Gasteiger partial charge on any atom is 0.325 e. The van der Waals surface area contributed by atoms with Gasteiger partial charge in [-0.2, -0.15) is 0 Å². The Balaban J connectivity index is 1.46. The van der Waals surface area contributed by atoms with Crippen molar-refractivity contribution >= 4 is 40.0 Å². The van der Waals surface area contributed by atoms with Gasteiger partial charge in [-0.1, -0.05) is 29.5 Å². The Morgan fingerprint density at radius 3 is 2.62 bits per heavy atom. The number of nitrogens with one attached hydrogen (secondary N) is 2. The highest BCUT2D eigenvalue weighted by Crippen LogP contribution is 2.34. The normalized spacial score (nSPS) is 15.1. The number of thiazole rings is 1. The van der Waals surface area contributed by atoms with E-state index in [4.69, 9.17) is 0 Å². The lowest BCUT2D eigenvalue weighted by Gasteiger charge is -2.27. The average Bonchev–Trinajstić information content (AvgIpc) is 3.33. The van der Waals surface area contributed by atoms with E-state index in [1.807, 2.05) is 42.3 Å². The number of benzene rings is 1. The van der Waals surface area contributed by atoms with E-state index >= 15 is 0 Å². The zero-order valence-electron chi connectivity index (χ0n) is 17.8. The van der Waals surface area contributed by atoms with Gasteiger partial charge in [0, 0.05) is 32.0 Å². The quantitative estimate of drug-likeness (QED) is 0.527. The number of amides is 3. The average molecular weight is 456 g/mol. The molecule has 1 fully saturated rings. The van der Waals surface area contributed by atoms with Crippen LogP contribution in [0.2, 0.25) is 0 Å². The molecule has 2 aromatic heterocycles. The van der Waals surface area contributed by atoms with Gasteiger partial charge in [0.2, 0.25) is 5.95 Å². The fraction of sp³-hybridized carbons (Fsp3) is 0.286. The van der Waals surface area contributed by atoms with E-state index in [1.165, 1.54) is 16.2 Å². The van der Waals surface area contributed by atoms with Crippen molar-refractivity contribution in [3.05, 3.63) is 48.5 Å². The van der Waals surface area contributed by atoms with Crippen LogP contribution in [0.5, 0.6) is 0 Å². The molecule has 9 nitrogen and oxygen atoms in total. The zero-order chi connectivity index (χ0) is 22.9. The number of urea groups is 1. The van der Waals surface area contributed by atoms with Gasteiger partial charge in [0.25, 0.3) is 5.91 Å². The molecule has 1 saturated heterocycles. The van der Waals surface area contributed by atoms with Gasteiger partial charge in [0.15, 0.2) is 10.9 Å². The standard InChI is InChI=1S/C21H22FN7O2S/c1-21(2)17(30)27-19(31)29(21)10-9-23-18-24-11-14(22)16(26-18)15-12-25-20(32-15)28(3)13-7-5-4-6-8-13/h4-8,11-12H,9-10H2,1-3H3,(H,23,24,26)(H,27,30,31). The van der Waals surface area contributed by atoms with Gasteiger partial charge in [-0.25, -0.2) is 24.1 Å². The van der Waals surface area contributed by atoms with E-state index < -0.39 is 17.4 Å². The van der Waals surface area contributed by atoms with Crippen molar-refractivity contribution in [2.45, 2.75) is 19.4 Å². The smallest absolute Gasteiger partial charge is 0.325 e. The Kier molecular flexibility index (Phi) is 5.74. The summed E-state index contributed by atoms with van der Waals surface area (Å²) in [6, 6.07) is 9.29. The molecule has 2 N–H and O–H groups in total. The van der Waals surface area contributed by atoms with E-state index in [0.29, 0.717) is 16.6 Å². The number of imide groups is 1. The van der Waals surface area contributed by atoms with Gasteiger partial charge >= 0.3 is 6.03 Å². The Morgan fingerprint density at radius 1 is 1.19 bits per heavy atom. The SMILES string of the molecule is CN(c1ccccc1)c1ncc(-c2nc(NCCN3C(=O)NC(=O)C3(C)C)ncc2F)s1. The summed E-state index contributed by atoms with van der Waals surface area (Å²) in [4.78, 5) is 40.4. The van der Waals surface area contributed by atoms with Crippen LogP contribution in [0, 0.1) is 5.82 Å². The molecule has 0 spiro atoms. The lowest BCUT2D eigenvalue weighted by atomic mass is 10.0. The Hall–Kier alpha value is -3.60. The first-order valence-electron chi connectivity index (χ1n) is 9.92. The van der Waals surface area contributed by atoms with Crippen LogP contribution in [0.3, 0.4) is 0 Å². The molecular weight excluding hydrogens is 433 g/mol. The summed E-state index contributed by atoms with van der Waals surface area (Å²) >= 11 is 1.31. The maximum absolute atomic E-state index is 14.5. The molecule has 1 aromatic carbocycles. The van der Waals surface area contributed by atoms with Crippen LogP contribution < -0.4 is 15.5 Å². The van der Waals surface area contributed by atoms with Gasteiger partial charge in [-0.3, -0.25) is 10.1 Å². The summed E-state index contributed by atoms with van der Waals surface area (Å²) in [7, 11) is 1.89. The molecule has 1 aliphatic rings. The van der Waals surface area contributed by atoms with E-state index in [9.17, 15) is 14.0 Å². The number of carbonyl (C=O) groups excluding carboxylic acids is 2. The lowest BCUT2D eigenvalue weighted by molar-refractivity contribution is -0.125.